The number of oxime groups is 1. The van der Waals surface area contributed by atoms with E-state index < -0.39 is 5.97 Å². The van der Waals surface area contributed by atoms with Gasteiger partial charge in [-0.2, -0.15) is 10.2 Å². The molecule has 1 atom stereocenters. The lowest BCUT2D eigenvalue weighted by atomic mass is 9.83. The molecule has 0 saturated heterocycles. The van der Waals surface area contributed by atoms with Crippen LogP contribution in [0.3, 0.4) is 0 Å². The topological polar surface area (TPSA) is 95.7 Å². The first kappa shape index (κ1) is 21.9. The number of nitrogens with zero attached hydrogens (tertiary/aromatic N) is 3. The Bertz CT molecular complexity index is 1270. The van der Waals surface area contributed by atoms with Gasteiger partial charge in [-0.3, -0.25) is 0 Å². The van der Waals surface area contributed by atoms with Crippen molar-refractivity contribution in [1.82, 2.24) is 10.2 Å². The number of aryl methyl sites for hydroxylation is 1. The van der Waals surface area contributed by atoms with E-state index in [0.717, 1.165) is 33.4 Å². The molecule has 0 spiro atoms. The summed E-state index contributed by atoms with van der Waals surface area (Å²) in [7, 11) is 0. The van der Waals surface area contributed by atoms with Crippen LogP contribution in [0.25, 0.3) is 11.1 Å². The smallest absolute Gasteiger partial charge is 0.335 e. The van der Waals surface area contributed by atoms with Gasteiger partial charge in [0.1, 0.15) is 0 Å². The minimum atomic E-state index is -0.941. The Kier molecular flexibility index (Phi) is 6.55. The molecule has 1 aromatic heterocycles. The van der Waals surface area contributed by atoms with Crippen LogP contribution in [-0.2, 0) is 0 Å². The third-order valence-electron chi connectivity index (χ3n) is 5.78. The highest BCUT2D eigenvalue weighted by Gasteiger charge is 2.20. The van der Waals surface area contributed by atoms with Crippen molar-refractivity contribution in [2.45, 2.75) is 19.3 Å². The number of aromatic carboxylic acids is 1. The van der Waals surface area contributed by atoms with Gasteiger partial charge in [0, 0.05) is 17.9 Å². The van der Waals surface area contributed by atoms with E-state index in [4.69, 9.17) is 5.11 Å². The number of benzene rings is 3. The molecule has 0 amide bonds. The van der Waals surface area contributed by atoms with Crippen LogP contribution < -0.4 is 0 Å². The van der Waals surface area contributed by atoms with Gasteiger partial charge in [0.15, 0.2) is 0 Å². The molecule has 1 heterocycles. The summed E-state index contributed by atoms with van der Waals surface area (Å²) in [5.74, 6) is -0.975. The van der Waals surface area contributed by atoms with Crippen LogP contribution >= 0.6 is 0 Å². The van der Waals surface area contributed by atoms with Crippen molar-refractivity contribution in [1.29, 1.82) is 0 Å². The molecule has 2 N–H and O–H groups in total. The average molecular weight is 437 g/mol. The molecule has 0 aliphatic carbocycles. The van der Waals surface area contributed by atoms with Crippen molar-refractivity contribution in [3.8, 4) is 11.1 Å². The van der Waals surface area contributed by atoms with Crippen molar-refractivity contribution < 1.29 is 15.1 Å². The van der Waals surface area contributed by atoms with Crippen LogP contribution in [0.1, 0.15) is 45.0 Å². The number of hydrogen-bond acceptors (Lipinski definition) is 5. The Morgan fingerprint density at radius 2 is 1.55 bits per heavy atom. The second-order valence-corrected chi connectivity index (χ2v) is 7.80. The van der Waals surface area contributed by atoms with E-state index in [0.29, 0.717) is 12.1 Å². The molecule has 3 aromatic carbocycles. The first-order valence-electron chi connectivity index (χ1n) is 10.5. The number of rotatable bonds is 7. The Labute approximate surface area is 191 Å². The number of carboxylic acid groups (broad SMARTS) is 1. The Morgan fingerprint density at radius 1 is 0.879 bits per heavy atom. The first-order chi connectivity index (χ1) is 16.1. The maximum absolute atomic E-state index is 11.1. The molecule has 0 saturated carbocycles. The molecule has 0 radical (unpaired) electrons. The SMILES string of the molecule is Cc1ccccc1C(C/C(=N\O)c1ccnnc1)c1ccc(-c2ccc(C(=O)O)cc2)cc1. The van der Waals surface area contributed by atoms with Gasteiger partial charge >= 0.3 is 5.97 Å². The van der Waals surface area contributed by atoms with Crippen molar-refractivity contribution in [2.24, 2.45) is 5.16 Å². The number of hydrogen-bond donors (Lipinski definition) is 2. The van der Waals surface area contributed by atoms with Gasteiger partial charge in [-0.15, -0.1) is 0 Å². The highest BCUT2D eigenvalue weighted by atomic mass is 16.4. The zero-order chi connectivity index (χ0) is 23.2. The van der Waals surface area contributed by atoms with Gasteiger partial charge in [-0.1, -0.05) is 65.8 Å². The summed E-state index contributed by atoms with van der Waals surface area (Å²) in [6, 6.07) is 25.0. The largest absolute Gasteiger partial charge is 0.478 e. The molecule has 0 aliphatic rings. The zero-order valence-electron chi connectivity index (χ0n) is 18.1. The predicted octanol–water partition coefficient (Wildman–Crippen LogP) is 5.55. The van der Waals surface area contributed by atoms with Crippen LogP contribution in [0.15, 0.2) is 96.4 Å². The summed E-state index contributed by atoms with van der Waals surface area (Å²) in [6.07, 6.45) is 3.65. The fraction of sp³-hybridized carbons (Fsp3) is 0.111. The fourth-order valence-electron chi connectivity index (χ4n) is 3.97. The molecule has 6 nitrogen and oxygen atoms in total. The van der Waals surface area contributed by atoms with Crippen LogP contribution in [-0.4, -0.2) is 32.2 Å². The predicted molar refractivity (Wildman–Crippen MR) is 127 cm³/mol. The summed E-state index contributed by atoms with van der Waals surface area (Å²) >= 11 is 0. The fourth-order valence-corrected chi connectivity index (χ4v) is 3.97. The maximum Gasteiger partial charge on any atom is 0.335 e. The Hall–Kier alpha value is -4.32. The van der Waals surface area contributed by atoms with E-state index in [1.807, 2.05) is 36.4 Å². The molecule has 0 bridgehead atoms. The highest BCUT2D eigenvalue weighted by molar-refractivity contribution is 6.00. The lowest BCUT2D eigenvalue weighted by Gasteiger charge is -2.21. The van der Waals surface area contributed by atoms with Gasteiger partial charge in [-0.05, 0) is 52.9 Å². The van der Waals surface area contributed by atoms with Crippen LogP contribution in [0.2, 0.25) is 0 Å². The monoisotopic (exact) mass is 437 g/mol. The van der Waals surface area contributed by atoms with Crippen LogP contribution in [0, 0.1) is 6.92 Å². The average Bonchev–Trinajstić information content (AvgIpc) is 2.86. The van der Waals surface area contributed by atoms with Crippen molar-refractivity contribution in [3.63, 3.8) is 0 Å². The van der Waals surface area contributed by atoms with E-state index in [1.54, 1.807) is 30.6 Å². The lowest BCUT2D eigenvalue weighted by Crippen LogP contribution is -2.12. The minimum absolute atomic E-state index is 0.0336. The zero-order valence-corrected chi connectivity index (χ0v) is 18.1. The van der Waals surface area contributed by atoms with Gasteiger partial charge in [0.05, 0.1) is 23.7 Å². The second kappa shape index (κ2) is 9.87. The standard InChI is InChI=1S/C27H23N3O3/c1-18-4-2-3-5-24(18)25(16-26(30-33)23-14-15-28-29-17-23)21-10-6-19(7-11-21)20-8-12-22(13-9-20)27(31)32/h2-15,17,25,33H,16H2,1H3,(H,31,32)/b30-26+. The number of aromatic nitrogens is 2. The Morgan fingerprint density at radius 3 is 2.12 bits per heavy atom. The maximum atomic E-state index is 11.1. The minimum Gasteiger partial charge on any atom is -0.478 e. The van der Waals surface area contributed by atoms with E-state index in [2.05, 4.69) is 46.5 Å². The molecule has 6 heteroatoms. The highest BCUT2D eigenvalue weighted by Crippen LogP contribution is 2.33. The summed E-state index contributed by atoms with van der Waals surface area (Å²) in [6.45, 7) is 2.07. The van der Waals surface area contributed by atoms with E-state index in [1.165, 1.54) is 0 Å². The summed E-state index contributed by atoms with van der Waals surface area (Å²) in [5, 5.41) is 30.1. The van der Waals surface area contributed by atoms with E-state index >= 15 is 0 Å². The quantitative estimate of drug-likeness (QED) is 0.224. The van der Waals surface area contributed by atoms with Gasteiger partial charge in [-0.25, -0.2) is 4.79 Å². The third-order valence-corrected chi connectivity index (χ3v) is 5.78. The number of carbonyl (C=O) groups is 1. The molecule has 4 aromatic rings. The van der Waals surface area contributed by atoms with E-state index in [9.17, 15) is 10.0 Å². The van der Waals surface area contributed by atoms with Crippen molar-refractivity contribution in [3.05, 3.63) is 119 Å². The lowest BCUT2D eigenvalue weighted by molar-refractivity contribution is 0.0697. The summed E-state index contributed by atoms with van der Waals surface area (Å²) in [4.78, 5) is 11.1. The normalized spacial score (nSPS) is 12.3. The van der Waals surface area contributed by atoms with Crippen LogP contribution in [0.5, 0.6) is 0 Å². The van der Waals surface area contributed by atoms with E-state index in [-0.39, 0.29) is 11.5 Å². The summed E-state index contributed by atoms with van der Waals surface area (Å²) in [5.41, 5.74) is 6.84. The molecule has 0 fully saturated rings. The molecule has 4 rings (SSSR count). The van der Waals surface area contributed by atoms with Crippen LogP contribution in [0.4, 0.5) is 0 Å². The van der Waals surface area contributed by atoms with Gasteiger partial charge in [0.2, 0.25) is 0 Å². The molecular weight excluding hydrogens is 414 g/mol. The molecule has 1 unspecified atom stereocenters. The Balaban J connectivity index is 1.68. The molecule has 0 aliphatic heterocycles. The van der Waals surface area contributed by atoms with Gasteiger partial charge in [0.25, 0.3) is 0 Å². The third kappa shape index (κ3) is 4.96. The summed E-state index contributed by atoms with van der Waals surface area (Å²) < 4.78 is 0. The number of carboxylic acids is 1. The van der Waals surface area contributed by atoms with Crippen molar-refractivity contribution in [2.75, 3.05) is 0 Å². The molecule has 33 heavy (non-hydrogen) atoms. The van der Waals surface area contributed by atoms with Crippen molar-refractivity contribution >= 4 is 11.7 Å². The first-order valence-corrected chi connectivity index (χ1v) is 10.5. The van der Waals surface area contributed by atoms with Gasteiger partial charge < -0.3 is 10.3 Å². The second-order valence-electron chi connectivity index (χ2n) is 7.80. The molecule has 164 valence electrons. The molecular formula is C27H23N3O3.